The third-order valence-electron chi connectivity index (χ3n) is 6.21. The Morgan fingerprint density at radius 1 is 1.00 bits per heavy atom. The van der Waals surface area contributed by atoms with Gasteiger partial charge in [0.05, 0.1) is 5.69 Å². The van der Waals surface area contributed by atoms with Crippen molar-refractivity contribution in [3.63, 3.8) is 0 Å². The Kier molecular flexibility index (Phi) is 5.90. The van der Waals surface area contributed by atoms with Gasteiger partial charge in [-0.25, -0.2) is 13.6 Å². The van der Waals surface area contributed by atoms with Gasteiger partial charge in [0.15, 0.2) is 5.82 Å². The second kappa shape index (κ2) is 9.17. The summed E-state index contributed by atoms with van der Waals surface area (Å²) >= 11 is 0. The first-order chi connectivity index (χ1) is 16.9. The van der Waals surface area contributed by atoms with Crippen LogP contribution in [0, 0.1) is 11.6 Å². The highest BCUT2D eigenvalue weighted by Gasteiger charge is 2.29. The molecule has 0 aliphatic carbocycles. The Balaban J connectivity index is 1.37. The number of nitrogens with two attached hydrogens (primary N) is 1. The van der Waals surface area contributed by atoms with E-state index < -0.39 is 5.82 Å². The van der Waals surface area contributed by atoms with Crippen LogP contribution in [0.3, 0.4) is 0 Å². The molecule has 0 spiro atoms. The van der Waals surface area contributed by atoms with Gasteiger partial charge in [0.1, 0.15) is 17.3 Å². The third-order valence-corrected chi connectivity index (χ3v) is 6.21. The Morgan fingerprint density at radius 2 is 1.74 bits per heavy atom. The summed E-state index contributed by atoms with van der Waals surface area (Å²) in [5.74, 6) is -0.158. The molecule has 1 aromatic heterocycles. The highest BCUT2D eigenvalue weighted by atomic mass is 19.1. The van der Waals surface area contributed by atoms with Crippen LogP contribution in [0.1, 0.15) is 6.92 Å². The molecule has 1 aliphatic heterocycles. The molecule has 0 bridgehead atoms. The number of anilines is 3. The number of carbonyl (C=O) groups excluding carboxylic acids is 1. The number of nitrogens with zero attached hydrogens (tertiary/aromatic N) is 4. The summed E-state index contributed by atoms with van der Waals surface area (Å²) in [5, 5.41) is 13.5. The number of hydrogen-bond acceptors (Lipinski definition) is 5. The number of piperazine rings is 1. The van der Waals surface area contributed by atoms with E-state index in [0.29, 0.717) is 31.0 Å². The lowest BCUT2D eigenvalue weighted by molar-refractivity contribution is 0.200. The summed E-state index contributed by atoms with van der Waals surface area (Å²) in [5.41, 5.74) is 7.43. The molecule has 178 valence electrons. The number of carbonyl (C=O) groups is 1. The Hall–Kier alpha value is -4.27. The van der Waals surface area contributed by atoms with Crippen molar-refractivity contribution < 1.29 is 13.6 Å². The molecule has 1 aliphatic rings. The molecule has 1 atom stereocenters. The third kappa shape index (κ3) is 4.44. The molecule has 35 heavy (non-hydrogen) atoms. The molecule has 1 saturated heterocycles. The molecule has 9 heteroatoms. The maximum atomic E-state index is 14.1. The van der Waals surface area contributed by atoms with E-state index in [4.69, 9.17) is 5.73 Å². The molecule has 0 radical (unpaired) electrons. The van der Waals surface area contributed by atoms with Crippen LogP contribution in [0.15, 0.2) is 66.7 Å². The molecule has 2 amide bonds. The molecule has 0 unspecified atom stereocenters. The van der Waals surface area contributed by atoms with Crippen LogP contribution < -0.4 is 16.0 Å². The summed E-state index contributed by atoms with van der Waals surface area (Å²) in [4.78, 5) is 16.5. The van der Waals surface area contributed by atoms with Gasteiger partial charge in [0.2, 0.25) is 0 Å². The van der Waals surface area contributed by atoms with Crippen molar-refractivity contribution in [1.82, 2.24) is 15.1 Å². The summed E-state index contributed by atoms with van der Waals surface area (Å²) < 4.78 is 27.5. The van der Waals surface area contributed by atoms with Crippen molar-refractivity contribution in [2.75, 3.05) is 35.6 Å². The Labute approximate surface area is 201 Å². The van der Waals surface area contributed by atoms with Crippen LogP contribution in [0.4, 0.5) is 30.8 Å². The van der Waals surface area contributed by atoms with E-state index in [1.807, 2.05) is 31.2 Å². The number of benzene rings is 3. The van der Waals surface area contributed by atoms with Crippen LogP contribution in [0.2, 0.25) is 0 Å². The Bertz CT molecular complexity index is 1390. The van der Waals surface area contributed by atoms with E-state index in [0.717, 1.165) is 22.2 Å². The fraction of sp³-hybridized carbons (Fsp3) is 0.192. The van der Waals surface area contributed by atoms with Crippen molar-refractivity contribution >= 4 is 34.0 Å². The fourth-order valence-corrected chi connectivity index (χ4v) is 4.41. The van der Waals surface area contributed by atoms with E-state index in [2.05, 4.69) is 20.4 Å². The smallest absolute Gasteiger partial charge is 0.322 e. The molecule has 7 nitrogen and oxygen atoms in total. The Morgan fingerprint density at radius 3 is 2.46 bits per heavy atom. The van der Waals surface area contributed by atoms with Gasteiger partial charge in [-0.1, -0.05) is 24.3 Å². The molecule has 1 fully saturated rings. The van der Waals surface area contributed by atoms with Crippen LogP contribution in [0.5, 0.6) is 0 Å². The molecule has 5 rings (SSSR count). The first-order valence-corrected chi connectivity index (χ1v) is 11.3. The van der Waals surface area contributed by atoms with Crippen molar-refractivity contribution in [3.05, 3.63) is 78.4 Å². The molecular formula is C26H24F2N6O. The van der Waals surface area contributed by atoms with Crippen molar-refractivity contribution in [2.45, 2.75) is 13.0 Å². The second-order valence-electron chi connectivity index (χ2n) is 8.58. The number of urea groups is 1. The predicted octanol–water partition coefficient (Wildman–Crippen LogP) is 4.90. The predicted molar refractivity (Wildman–Crippen MR) is 133 cm³/mol. The number of amides is 2. The zero-order valence-electron chi connectivity index (χ0n) is 19.1. The quantitative estimate of drug-likeness (QED) is 0.413. The van der Waals surface area contributed by atoms with Gasteiger partial charge in [-0.05, 0) is 49.4 Å². The van der Waals surface area contributed by atoms with Crippen molar-refractivity contribution in [3.8, 4) is 11.3 Å². The van der Waals surface area contributed by atoms with Crippen LogP contribution in [-0.4, -0.2) is 46.8 Å². The molecule has 3 aromatic carbocycles. The minimum atomic E-state index is -0.576. The first-order valence-electron chi connectivity index (χ1n) is 11.3. The molecule has 3 N–H and O–H groups in total. The van der Waals surface area contributed by atoms with Crippen LogP contribution in [0.25, 0.3) is 22.0 Å². The molecule has 4 aromatic rings. The minimum absolute atomic E-state index is 0.0554. The van der Waals surface area contributed by atoms with Crippen LogP contribution >= 0.6 is 0 Å². The standard InChI is InChI=1S/C26H24F2N6O/c1-16-15-33(26(35)30-23-11-10-19(29)14-22(23)28)12-13-34(16)25-21-5-3-2-4-20(21)24(31-32-25)17-6-8-18(27)9-7-17/h2-11,14,16H,12-13,15,29H2,1H3,(H,30,35)/t16-/m0/s1. The lowest BCUT2D eigenvalue weighted by atomic mass is 10.0. The highest BCUT2D eigenvalue weighted by Crippen LogP contribution is 2.33. The average molecular weight is 475 g/mol. The number of hydrogen-bond donors (Lipinski definition) is 2. The normalized spacial score (nSPS) is 15.9. The second-order valence-corrected chi connectivity index (χ2v) is 8.58. The lowest BCUT2D eigenvalue weighted by Gasteiger charge is -2.40. The number of halogens is 2. The van der Waals surface area contributed by atoms with Gasteiger partial charge < -0.3 is 20.9 Å². The summed E-state index contributed by atoms with van der Waals surface area (Å²) in [6, 6.07) is 17.8. The van der Waals surface area contributed by atoms with Gasteiger partial charge in [0, 0.05) is 47.7 Å². The molecule has 0 saturated carbocycles. The monoisotopic (exact) mass is 474 g/mol. The summed E-state index contributed by atoms with van der Waals surface area (Å²) in [6.07, 6.45) is 0. The zero-order chi connectivity index (χ0) is 24.5. The molecule has 2 heterocycles. The van der Waals surface area contributed by atoms with E-state index in [1.54, 1.807) is 23.1 Å². The number of nitrogen functional groups attached to an aromatic ring is 1. The number of aromatic nitrogens is 2. The maximum Gasteiger partial charge on any atom is 0.322 e. The molecular weight excluding hydrogens is 450 g/mol. The number of rotatable bonds is 3. The topological polar surface area (TPSA) is 87.4 Å². The average Bonchev–Trinajstić information content (AvgIpc) is 2.86. The lowest BCUT2D eigenvalue weighted by Crippen LogP contribution is -2.55. The van der Waals surface area contributed by atoms with Gasteiger partial charge in [-0.2, -0.15) is 0 Å². The minimum Gasteiger partial charge on any atom is -0.399 e. The van der Waals surface area contributed by atoms with Crippen molar-refractivity contribution in [1.29, 1.82) is 0 Å². The van der Waals surface area contributed by atoms with Crippen LogP contribution in [-0.2, 0) is 0 Å². The summed E-state index contributed by atoms with van der Waals surface area (Å²) in [6.45, 7) is 3.40. The summed E-state index contributed by atoms with van der Waals surface area (Å²) in [7, 11) is 0. The highest BCUT2D eigenvalue weighted by molar-refractivity contribution is 6.00. The van der Waals surface area contributed by atoms with Gasteiger partial charge in [-0.3, -0.25) is 0 Å². The van der Waals surface area contributed by atoms with Gasteiger partial charge in [0.25, 0.3) is 0 Å². The van der Waals surface area contributed by atoms with E-state index in [-0.39, 0.29) is 23.6 Å². The number of fused-ring (bicyclic) bond motifs is 1. The van der Waals surface area contributed by atoms with Crippen molar-refractivity contribution in [2.24, 2.45) is 0 Å². The maximum absolute atomic E-state index is 14.1. The van der Waals surface area contributed by atoms with Gasteiger partial charge >= 0.3 is 6.03 Å². The fourth-order valence-electron chi connectivity index (χ4n) is 4.41. The van der Waals surface area contributed by atoms with E-state index in [9.17, 15) is 13.6 Å². The zero-order valence-corrected chi connectivity index (χ0v) is 19.1. The SMILES string of the molecule is C[C@H]1CN(C(=O)Nc2ccc(N)cc2F)CCN1c1nnc(-c2ccc(F)cc2)c2ccccc12. The largest absolute Gasteiger partial charge is 0.399 e. The first kappa shape index (κ1) is 22.5. The van der Waals surface area contributed by atoms with Gasteiger partial charge in [-0.15, -0.1) is 10.2 Å². The van der Waals surface area contributed by atoms with E-state index in [1.165, 1.54) is 24.3 Å². The van der Waals surface area contributed by atoms with E-state index >= 15 is 0 Å². The number of nitrogens with one attached hydrogen (secondary N) is 1.